The molecule has 242 valence electrons. The summed E-state index contributed by atoms with van der Waals surface area (Å²) in [5.74, 6) is 1.90. The fourth-order valence-corrected chi connectivity index (χ4v) is 8.89. The van der Waals surface area contributed by atoms with E-state index in [1.807, 2.05) is 30.3 Å². The van der Waals surface area contributed by atoms with E-state index in [0.29, 0.717) is 17.5 Å². The van der Waals surface area contributed by atoms with Crippen LogP contribution in [0.4, 0.5) is 0 Å². The number of rotatable bonds is 4. The highest BCUT2D eigenvalue weighted by Gasteiger charge is 2.22. The van der Waals surface area contributed by atoms with Crippen molar-refractivity contribution in [2.24, 2.45) is 0 Å². The summed E-state index contributed by atoms with van der Waals surface area (Å²) in [5.41, 5.74) is 6.98. The van der Waals surface area contributed by atoms with Crippen molar-refractivity contribution in [1.82, 2.24) is 15.0 Å². The van der Waals surface area contributed by atoms with Gasteiger partial charge in [-0.05, 0) is 56.9 Å². The Morgan fingerprint density at radius 3 is 1.71 bits per heavy atom. The van der Waals surface area contributed by atoms with Gasteiger partial charge in [-0.3, -0.25) is 0 Å². The monoisotopic (exact) mass is 681 g/mol. The number of thiophene rings is 1. The van der Waals surface area contributed by atoms with Crippen molar-refractivity contribution in [3.8, 4) is 45.3 Å². The molecule has 11 aromatic rings. The molecule has 0 bridgehead atoms. The summed E-state index contributed by atoms with van der Waals surface area (Å²) >= 11 is 1.75. The first kappa shape index (κ1) is 29.1. The summed E-state index contributed by atoms with van der Waals surface area (Å²) in [6.45, 7) is 0. The molecule has 11 rings (SSSR count). The molecule has 3 heterocycles. The number of para-hydroxylation sites is 1. The molecular weight excluding hydrogens is 655 g/mol. The summed E-state index contributed by atoms with van der Waals surface area (Å²) < 4.78 is 8.86. The Bertz CT molecular complexity index is 3130. The molecular formula is C47H27N3OS. The molecule has 0 radical (unpaired) electrons. The predicted octanol–water partition coefficient (Wildman–Crippen LogP) is 13.1. The second kappa shape index (κ2) is 11.4. The minimum atomic E-state index is 0.629. The Labute approximate surface area is 302 Å². The predicted molar refractivity (Wildman–Crippen MR) is 217 cm³/mol. The van der Waals surface area contributed by atoms with Crippen molar-refractivity contribution in [3.63, 3.8) is 0 Å². The van der Waals surface area contributed by atoms with E-state index in [0.717, 1.165) is 54.3 Å². The third-order valence-electron chi connectivity index (χ3n) is 10.1. The molecule has 8 aromatic carbocycles. The zero-order valence-corrected chi connectivity index (χ0v) is 28.6. The number of hydrogen-bond donors (Lipinski definition) is 0. The van der Waals surface area contributed by atoms with Crippen LogP contribution in [0.5, 0.6) is 0 Å². The van der Waals surface area contributed by atoms with E-state index in [4.69, 9.17) is 19.4 Å². The largest absolute Gasteiger partial charge is 0.455 e. The minimum absolute atomic E-state index is 0.629. The molecule has 4 nitrogen and oxygen atoms in total. The first-order chi connectivity index (χ1) is 25.8. The van der Waals surface area contributed by atoms with Gasteiger partial charge >= 0.3 is 0 Å². The summed E-state index contributed by atoms with van der Waals surface area (Å²) in [6.07, 6.45) is 0. The average Bonchev–Trinajstić information content (AvgIpc) is 3.79. The molecule has 0 saturated carbocycles. The average molecular weight is 682 g/mol. The molecule has 0 aliphatic rings. The van der Waals surface area contributed by atoms with Crippen LogP contribution in [-0.4, -0.2) is 15.0 Å². The van der Waals surface area contributed by atoms with Crippen molar-refractivity contribution in [1.29, 1.82) is 0 Å². The van der Waals surface area contributed by atoms with Crippen LogP contribution in [0.2, 0.25) is 0 Å². The van der Waals surface area contributed by atoms with Gasteiger partial charge in [0.2, 0.25) is 0 Å². The quantitative estimate of drug-likeness (QED) is 0.174. The lowest BCUT2D eigenvalue weighted by atomic mass is 9.92. The van der Waals surface area contributed by atoms with Crippen molar-refractivity contribution in [2.75, 3.05) is 0 Å². The first-order valence-electron chi connectivity index (χ1n) is 17.4. The molecule has 5 heteroatoms. The molecule has 0 aliphatic heterocycles. The normalized spacial score (nSPS) is 11.8. The van der Waals surface area contributed by atoms with Crippen LogP contribution in [0.25, 0.3) is 109 Å². The molecule has 0 unspecified atom stereocenters. The van der Waals surface area contributed by atoms with Crippen LogP contribution < -0.4 is 0 Å². The van der Waals surface area contributed by atoms with Crippen LogP contribution in [0, 0.1) is 0 Å². The van der Waals surface area contributed by atoms with Crippen LogP contribution in [0.3, 0.4) is 0 Å². The highest BCUT2D eigenvalue weighted by Crippen LogP contribution is 2.46. The van der Waals surface area contributed by atoms with E-state index in [1.165, 1.54) is 37.2 Å². The van der Waals surface area contributed by atoms with E-state index >= 15 is 0 Å². The van der Waals surface area contributed by atoms with Gasteiger partial charge in [-0.15, -0.1) is 11.3 Å². The van der Waals surface area contributed by atoms with Crippen molar-refractivity contribution in [3.05, 3.63) is 164 Å². The highest BCUT2D eigenvalue weighted by atomic mass is 32.1. The highest BCUT2D eigenvalue weighted by molar-refractivity contribution is 7.26. The number of nitrogens with zero attached hydrogens (tertiary/aromatic N) is 3. The van der Waals surface area contributed by atoms with Crippen molar-refractivity contribution < 1.29 is 4.42 Å². The second-order valence-corrected chi connectivity index (χ2v) is 14.2. The third-order valence-corrected chi connectivity index (χ3v) is 11.3. The van der Waals surface area contributed by atoms with Gasteiger partial charge in [0.1, 0.15) is 11.2 Å². The number of aromatic nitrogens is 3. The standard InChI is InChI=1S/C47H27N3OS/c1-2-12-29(13-3-1)45-48-46(30-24-22-28(23-25-30)41-33-16-6-4-14-31(33)26-32-15-5-7-17-34(32)41)50-47(49-45)38-27-37-35-18-8-10-20-39(35)51-43(37)42-36-19-9-11-21-40(36)52-44(38)42/h1-27H. The lowest BCUT2D eigenvalue weighted by molar-refractivity contribution is 0.673. The fraction of sp³-hybridized carbons (Fsp3) is 0. The number of benzene rings is 8. The van der Waals surface area contributed by atoms with Crippen LogP contribution in [-0.2, 0) is 0 Å². The van der Waals surface area contributed by atoms with Gasteiger partial charge in [-0.25, -0.2) is 15.0 Å². The zero-order chi connectivity index (χ0) is 34.2. The smallest absolute Gasteiger partial charge is 0.165 e. The third kappa shape index (κ3) is 4.50. The molecule has 0 saturated heterocycles. The Morgan fingerprint density at radius 2 is 0.981 bits per heavy atom. The fourth-order valence-electron chi connectivity index (χ4n) is 7.68. The Hall–Kier alpha value is -6.69. The maximum atomic E-state index is 6.56. The first-order valence-corrected chi connectivity index (χ1v) is 18.2. The topological polar surface area (TPSA) is 51.8 Å². The zero-order valence-electron chi connectivity index (χ0n) is 27.7. The van der Waals surface area contributed by atoms with E-state index in [2.05, 4.69) is 133 Å². The van der Waals surface area contributed by atoms with Crippen LogP contribution >= 0.6 is 11.3 Å². The number of hydrogen-bond acceptors (Lipinski definition) is 5. The van der Waals surface area contributed by atoms with Gasteiger partial charge in [0, 0.05) is 42.9 Å². The van der Waals surface area contributed by atoms with Crippen molar-refractivity contribution >= 4 is 75.0 Å². The van der Waals surface area contributed by atoms with E-state index in [-0.39, 0.29) is 0 Å². The van der Waals surface area contributed by atoms with E-state index in [9.17, 15) is 0 Å². The van der Waals surface area contributed by atoms with E-state index in [1.54, 1.807) is 11.3 Å². The van der Waals surface area contributed by atoms with Gasteiger partial charge in [-0.1, -0.05) is 140 Å². The van der Waals surface area contributed by atoms with Gasteiger partial charge in [-0.2, -0.15) is 0 Å². The molecule has 52 heavy (non-hydrogen) atoms. The minimum Gasteiger partial charge on any atom is -0.455 e. The van der Waals surface area contributed by atoms with Gasteiger partial charge < -0.3 is 4.42 Å². The van der Waals surface area contributed by atoms with E-state index < -0.39 is 0 Å². The molecule has 0 aliphatic carbocycles. The second-order valence-electron chi connectivity index (χ2n) is 13.1. The summed E-state index contributed by atoms with van der Waals surface area (Å²) in [4.78, 5) is 15.5. The molecule has 3 aromatic heterocycles. The lowest BCUT2D eigenvalue weighted by Crippen LogP contribution is -2.00. The maximum Gasteiger partial charge on any atom is 0.165 e. The summed E-state index contributed by atoms with van der Waals surface area (Å²) in [6, 6.07) is 57.4. The van der Waals surface area contributed by atoms with Crippen LogP contribution in [0.1, 0.15) is 0 Å². The number of furan rings is 1. The molecule has 0 amide bonds. The molecule has 0 atom stereocenters. The van der Waals surface area contributed by atoms with Gasteiger partial charge in [0.15, 0.2) is 17.5 Å². The van der Waals surface area contributed by atoms with Gasteiger partial charge in [0.25, 0.3) is 0 Å². The molecule has 0 fully saturated rings. The summed E-state index contributed by atoms with van der Waals surface area (Å²) in [7, 11) is 0. The number of fused-ring (bicyclic) bond motifs is 9. The Kier molecular flexibility index (Phi) is 6.39. The Morgan fingerprint density at radius 1 is 0.423 bits per heavy atom. The Balaban J connectivity index is 1.14. The van der Waals surface area contributed by atoms with Crippen LogP contribution in [0.15, 0.2) is 168 Å². The molecule has 0 N–H and O–H groups in total. The molecule has 0 spiro atoms. The lowest BCUT2D eigenvalue weighted by Gasteiger charge is -2.13. The summed E-state index contributed by atoms with van der Waals surface area (Å²) in [5, 5.41) is 9.31. The maximum absolute atomic E-state index is 6.56. The SMILES string of the molecule is c1ccc(-c2nc(-c3ccc(-c4c5ccccc5cc5ccccc45)cc3)nc(-c3cc4c5ccccc5oc4c4c3sc3ccccc34)n2)cc1. The van der Waals surface area contributed by atoms with Crippen molar-refractivity contribution in [2.45, 2.75) is 0 Å². The van der Waals surface area contributed by atoms with Gasteiger partial charge in [0.05, 0.1) is 4.70 Å².